The Labute approximate surface area is 223 Å². The first kappa shape index (κ1) is 25.6. The van der Waals surface area contributed by atoms with Crippen LogP contribution in [0.15, 0.2) is 67.1 Å². The molecule has 1 aliphatic heterocycles. The minimum Gasteiger partial charge on any atom is -0.326 e. The van der Waals surface area contributed by atoms with Crippen molar-refractivity contribution in [2.45, 2.75) is 46.1 Å². The highest BCUT2D eigenvalue weighted by Crippen LogP contribution is 2.17. The van der Waals surface area contributed by atoms with Gasteiger partial charge < -0.3 is 10.2 Å². The van der Waals surface area contributed by atoms with Crippen LogP contribution in [0, 0.1) is 13.8 Å². The zero-order chi connectivity index (χ0) is 26.5. The number of hydrogen-bond acceptors (Lipinski definition) is 5. The molecule has 0 atom stereocenters. The lowest BCUT2D eigenvalue weighted by Gasteiger charge is -2.15. The molecule has 1 aliphatic rings. The van der Waals surface area contributed by atoms with Crippen LogP contribution in [0.4, 0.5) is 5.69 Å². The van der Waals surface area contributed by atoms with Crippen molar-refractivity contribution in [2.75, 3.05) is 25.0 Å². The summed E-state index contributed by atoms with van der Waals surface area (Å²) in [6.45, 7) is 8.21. The van der Waals surface area contributed by atoms with Crippen LogP contribution in [0.1, 0.15) is 45.6 Å². The van der Waals surface area contributed by atoms with Crippen molar-refractivity contribution in [3.63, 3.8) is 0 Å². The van der Waals surface area contributed by atoms with E-state index in [-0.39, 0.29) is 18.1 Å². The highest BCUT2D eigenvalue weighted by Gasteiger charge is 2.16. The van der Waals surface area contributed by atoms with Crippen LogP contribution in [-0.2, 0) is 24.2 Å². The highest BCUT2D eigenvalue weighted by molar-refractivity contribution is 5.98. The van der Waals surface area contributed by atoms with E-state index in [1.807, 2.05) is 79.5 Å². The third-order valence-electron chi connectivity index (χ3n) is 7.12. The minimum atomic E-state index is -0.101. The van der Waals surface area contributed by atoms with Crippen molar-refractivity contribution < 1.29 is 9.59 Å². The van der Waals surface area contributed by atoms with E-state index in [1.165, 1.54) is 25.9 Å². The lowest BCUT2D eigenvalue weighted by atomic mass is 10.0. The van der Waals surface area contributed by atoms with Crippen molar-refractivity contribution in [3.8, 4) is 5.69 Å². The smallest absolute Gasteiger partial charge is 0.228 e. The average Bonchev–Trinajstić information content (AvgIpc) is 3.66. The number of amides is 1. The lowest BCUT2D eigenvalue weighted by molar-refractivity contribution is -0.115. The topological polar surface area (TPSA) is 85.0 Å². The van der Waals surface area contributed by atoms with Gasteiger partial charge in [0.15, 0.2) is 5.78 Å². The van der Waals surface area contributed by atoms with Crippen molar-refractivity contribution in [2.24, 2.45) is 0 Å². The molecule has 5 rings (SSSR count). The van der Waals surface area contributed by atoms with Gasteiger partial charge in [-0.1, -0.05) is 24.3 Å². The second kappa shape index (κ2) is 11.6. The maximum Gasteiger partial charge on any atom is 0.228 e. The molecular formula is C30H34N6O2. The predicted octanol–water partition coefficient (Wildman–Crippen LogP) is 4.39. The molecule has 1 fully saturated rings. The number of anilines is 1. The first-order chi connectivity index (χ1) is 18.4. The van der Waals surface area contributed by atoms with Crippen LogP contribution in [0.25, 0.3) is 5.69 Å². The maximum absolute atomic E-state index is 13.1. The van der Waals surface area contributed by atoms with Crippen molar-refractivity contribution in [3.05, 3.63) is 95.1 Å². The largest absolute Gasteiger partial charge is 0.326 e. The summed E-state index contributed by atoms with van der Waals surface area (Å²) in [4.78, 5) is 28.1. The summed E-state index contributed by atoms with van der Waals surface area (Å²) < 4.78 is 3.71. The monoisotopic (exact) mass is 510 g/mol. The van der Waals surface area contributed by atoms with Gasteiger partial charge in [0, 0.05) is 41.7 Å². The number of Topliss-reactive ketones (excluding diaryl/α,β-unsaturated/α-hetero) is 1. The first-order valence-electron chi connectivity index (χ1n) is 13.2. The van der Waals surface area contributed by atoms with E-state index in [9.17, 15) is 9.59 Å². The SMILES string of the molecule is Cc1cccc(NC(=O)Cc2cnn(-c3cccc(C(=O)Cc4cnn(CCN5CCCC5)c4C)c3)c2)c1. The Hall–Kier alpha value is -4.04. The molecule has 0 aliphatic carbocycles. The van der Waals surface area contributed by atoms with E-state index in [1.54, 1.807) is 10.9 Å². The Morgan fingerprint density at radius 2 is 1.74 bits per heavy atom. The summed E-state index contributed by atoms with van der Waals surface area (Å²) in [5, 5.41) is 11.9. The third kappa shape index (κ3) is 6.26. The number of aromatic nitrogens is 4. The summed E-state index contributed by atoms with van der Waals surface area (Å²) in [7, 11) is 0. The number of ketones is 1. The summed E-state index contributed by atoms with van der Waals surface area (Å²) in [6.07, 6.45) is 8.41. The van der Waals surface area contributed by atoms with Crippen LogP contribution in [0.5, 0.6) is 0 Å². The molecule has 38 heavy (non-hydrogen) atoms. The maximum atomic E-state index is 13.1. The van der Waals surface area contributed by atoms with Crippen molar-refractivity contribution >= 4 is 17.4 Å². The van der Waals surface area contributed by atoms with E-state index in [4.69, 9.17) is 0 Å². The zero-order valence-electron chi connectivity index (χ0n) is 22.1. The number of nitrogens with zero attached hydrogens (tertiary/aromatic N) is 5. The molecule has 0 radical (unpaired) electrons. The molecule has 0 saturated carbocycles. The Morgan fingerprint density at radius 1 is 0.921 bits per heavy atom. The second-order valence-corrected chi connectivity index (χ2v) is 10.1. The molecule has 1 amide bonds. The van der Waals surface area contributed by atoms with Gasteiger partial charge in [-0.3, -0.25) is 14.3 Å². The minimum absolute atomic E-state index is 0.0407. The standard InChI is InChI=1S/C30H34N6O2/c1-22-7-5-9-27(15-22)33-30(38)16-24-19-31-36(21-24)28-10-6-8-25(17-28)29(37)18-26-20-32-35(23(26)2)14-13-34-11-3-4-12-34/h5-10,15,17,19-21H,3-4,11-14,16,18H2,1-2H3,(H,33,38). The Bertz CT molecular complexity index is 1430. The Morgan fingerprint density at radius 3 is 2.55 bits per heavy atom. The first-order valence-corrected chi connectivity index (χ1v) is 13.2. The van der Waals surface area contributed by atoms with E-state index >= 15 is 0 Å². The summed E-state index contributed by atoms with van der Waals surface area (Å²) in [5.74, 6) is -0.0608. The number of hydrogen-bond donors (Lipinski definition) is 1. The summed E-state index contributed by atoms with van der Waals surface area (Å²) >= 11 is 0. The van der Waals surface area contributed by atoms with Gasteiger partial charge in [0.1, 0.15) is 0 Å². The third-order valence-corrected chi connectivity index (χ3v) is 7.12. The normalized spacial score (nSPS) is 13.6. The van der Waals surface area contributed by atoms with Crippen molar-refractivity contribution in [1.82, 2.24) is 24.5 Å². The predicted molar refractivity (Wildman–Crippen MR) is 148 cm³/mol. The van der Waals surface area contributed by atoms with Gasteiger partial charge in [0.25, 0.3) is 0 Å². The molecule has 196 valence electrons. The molecule has 2 aromatic carbocycles. The second-order valence-electron chi connectivity index (χ2n) is 10.1. The van der Waals surface area contributed by atoms with Crippen LogP contribution < -0.4 is 5.32 Å². The van der Waals surface area contributed by atoms with E-state index in [0.717, 1.165) is 46.8 Å². The van der Waals surface area contributed by atoms with Gasteiger partial charge in [-0.2, -0.15) is 10.2 Å². The molecule has 8 nitrogen and oxygen atoms in total. The molecule has 4 aromatic rings. The molecule has 0 spiro atoms. The number of nitrogens with one attached hydrogen (secondary N) is 1. The number of carbonyl (C=O) groups excluding carboxylic acids is 2. The van der Waals surface area contributed by atoms with Gasteiger partial charge in [-0.05, 0) is 75.2 Å². The Balaban J connectivity index is 1.20. The highest BCUT2D eigenvalue weighted by atomic mass is 16.1. The molecule has 1 saturated heterocycles. The fourth-order valence-corrected chi connectivity index (χ4v) is 4.93. The van der Waals surface area contributed by atoms with Crippen LogP contribution in [0.3, 0.4) is 0 Å². The Kier molecular flexibility index (Phi) is 7.79. The quantitative estimate of drug-likeness (QED) is 0.320. The fraction of sp³-hybridized carbons (Fsp3) is 0.333. The number of rotatable bonds is 10. The molecule has 8 heteroatoms. The number of benzene rings is 2. The van der Waals surface area contributed by atoms with Crippen LogP contribution in [0.2, 0.25) is 0 Å². The number of likely N-dealkylation sites (tertiary alicyclic amines) is 1. The van der Waals surface area contributed by atoms with Crippen molar-refractivity contribution in [1.29, 1.82) is 0 Å². The molecule has 2 aromatic heterocycles. The van der Waals surface area contributed by atoms with E-state index < -0.39 is 0 Å². The lowest BCUT2D eigenvalue weighted by Crippen LogP contribution is -2.24. The number of aryl methyl sites for hydroxylation is 1. The van der Waals surface area contributed by atoms with Gasteiger partial charge >= 0.3 is 0 Å². The summed E-state index contributed by atoms with van der Waals surface area (Å²) in [5.41, 5.74) is 6.08. The average molecular weight is 511 g/mol. The van der Waals surface area contributed by atoms with E-state index in [0.29, 0.717) is 12.0 Å². The summed E-state index contributed by atoms with van der Waals surface area (Å²) in [6, 6.07) is 15.2. The number of carbonyl (C=O) groups is 2. The molecule has 1 N–H and O–H groups in total. The molecule has 0 unspecified atom stereocenters. The van der Waals surface area contributed by atoms with Gasteiger partial charge in [0.2, 0.25) is 5.91 Å². The van der Waals surface area contributed by atoms with Crippen LogP contribution in [-0.4, -0.2) is 55.8 Å². The molecule has 0 bridgehead atoms. The zero-order valence-corrected chi connectivity index (χ0v) is 22.1. The van der Waals surface area contributed by atoms with Gasteiger partial charge in [-0.25, -0.2) is 4.68 Å². The molecule has 3 heterocycles. The molecular weight excluding hydrogens is 476 g/mol. The van der Waals surface area contributed by atoms with E-state index in [2.05, 4.69) is 20.4 Å². The van der Waals surface area contributed by atoms with Gasteiger partial charge in [-0.15, -0.1) is 0 Å². The van der Waals surface area contributed by atoms with Crippen LogP contribution >= 0.6 is 0 Å². The van der Waals surface area contributed by atoms with Gasteiger partial charge in [0.05, 0.1) is 31.0 Å². The fourth-order valence-electron chi connectivity index (χ4n) is 4.93.